The number of benzene rings is 1. The molecular weight excluding hydrogens is 186 g/mol. The summed E-state index contributed by atoms with van der Waals surface area (Å²) in [5, 5.41) is 9.22. The van der Waals surface area contributed by atoms with Gasteiger partial charge in [0.1, 0.15) is 11.3 Å². The number of carbonyl (C=O) groups is 2. The quantitative estimate of drug-likeness (QED) is 0.513. The summed E-state index contributed by atoms with van der Waals surface area (Å²) >= 11 is 0. The van der Waals surface area contributed by atoms with Crippen LogP contribution in [0.25, 0.3) is 0 Å². The molecule has 14 heavy (non-hydrogen) atoms. The van der Waals surface area contributed by atoms with Crippen molar-refractivity contribution in [3.05, 3.63) is 29.8 Å². The molecule has 0 heterocycles. The van der Waals surface area contributed by atoms with Gasteiger partial charge >= 0.3 is 11.9 Å². The Bertz CT molecular complexity index is 362. The lowest BCUT2D eigenvalue weighted by Gasteiger charge is -2.02. The molecule has 1 rings (SSSR count). The molecule has 0 unspecified atom stereocenters. The van der Waals surface area contributed by atoms with E-state index < -0.39 is 11.9 Å². The molecule has 0 aromatic heterocycles. The van der Waals surface area contributed by atoms with Crippen molar-refractivity contribution in [3.63, 3.8) is 0 Å². The van der Waals surface area contributed by atoms with Crippen molar-refractivity contribution in [2.45, 2.75) is 0 Å². The number of hydrogen-bond acceptors (Lipinski definition) is 5. The largest absolute Gasteiger partial charge is 0.507 e. The first-order valence-corrected chi connectivity index (χ1v) is 3.88. The fourth-order valence-corrected chi connectivity index (χ4v) is 0.846. The lowest BCUT2D eigenvalue weighted by molar-refractivity contribution is -0.136. The number of para-hydroxylation sites is 1. The van der Waals surface area contributed by atoms with E-state index in [1.807, 2.05) is 0 Å². The zero-order valence-electron chi connectivity index (χ0n) is 7.27. The molecule has 5 nitrogen and oxygen atoms in total. The minimum absolute atomic E-state index is 0.0608. The monoisotopic (exact) mass is 195 g/mol. The molecule has 0 fully saturated rings. The minimum Gasteiger partial charge on any atom is -0.507 e. The summed E-state index contributed by atoms with van der Waals surface area (Å²) in [5.41, 5.74) is 4.89. The van der Waals surface area contributed by atoms with E-state index in [0.717, 1.165) is 0 Å². The summed E-state index contributed by atoms with van der Waals surface area (Å²) < 4.78 is 4.30. The summed E-state index contributed by atoms with van der Waals surface area (Å²) in [6.07, 6.45) is 0. The number of phenolic OH excluding ortho intramolecular Hbond substituents is 1. The normalized spacial score (nSPS) is 9.50. The fourth-order valence-electron chi connectivity index (χ4n) is 0.846. The van der Waals surface area contributed by atoms with Crippen LogP contribution in [-0.2, 0) is 9.53 Å². The van der Waals surface area contributed by atoms with Crippen LogP contribution in [-0.4, -0.2) is 23.6 Å². The smallest absolute Gasteiger partial charge is 0.349 e. The van der Waals surface area contributed by atoms with Crippen LogP contribution >= 0.6 is 0 Å². The van der Waals surface area contributed by atoms with Crippen molar-refractivity contribution in [1.82, 2.24) is 0 Å². The predicted octanol–water partition coefficient (Wildman–Crippen LogP) is 0.0343. The van der Waals surface area contributed by atoms with Crippen LogP contribution in [0, 0.1) is 0 Å². The van der Waals surface area contributed by atoms with Crippen LogP contribution in [0.1, 0.15) is 10.4 Å². The van der Waals surface area contributed by atoms with E-state index in [-0.39, 0.29) is 17.9 Å². The molecule has 0 saturated heterocycles. The summed E-state index contributed by atoms with van der Waals surface area (Å²) in [7, 11) is 0. The molecule has 0 saturated carbocycles. The van der Waals surface area contributed by atoms with E-state index in [4.69, 9.17) is 5.73 Å². The van der Waals surface area contributed by atoms with Crippen LogP contribution in [0.5, 0.6) is 5.75 Å². The van der Waals surface area contributed by atoms with E-state index in [0.29, 0.717) is 0 Å². The van der Waals surface area contributed by atoms with Gasteiger partial charge in [-0.2, -0.15) is 0 Å². The van der Waals surface area contributed by atoms with Gasteiger partial charge in [0.2, 0.25) is 0 Å². The SMILES string of the molecule is NCC(=O)OC(=O)c1ccccc1O. The number of ether oxygens (including phenoxy) is 1. The highest BCUT2D eigenvalue weighted by Gasteiger charge is 2.14. The van der Waals surface area contributed by atoms with Crippen molar-refractivity contribution in [2.75, 3.05) is 6.54 Å². The molecule has 0 aliphatic heterocycles. The van der Waals surface area contributed by atoms with Crippen molar-refractivity contribution in [2.24, 2.45) is 5.73 Å². The molecule has 0 bridgehead atoms. The van der Waals surface area contributed by atoms with Crippen LogP contribution < -0.4 is 5.73 Å². The summed E-state index contributed by atoms with van der Waals surface area (Å²) in [6, 6.07) is 5.77. The van der Waals surface area contributed by atoms with E-state index in [1.165, 1.54) is 12.1 Å². The Balaban J connectivity index is 2.80. The maximum absolute atomic E-state index is 11.2. The number of phenols is 1. The first-order valence-electron chi connectivity index (χ1n) is 3.88. The van der Waals surface area contributed by atoms with E-state index in [9.17, 15) is 14.7 Å². The van der Waals surface area contributed by atoms with E-state index >= 15 is 0 Å². The predicted molar refractivity (Wildman–Crippen MR) is 47.6 cm³/mol. The van der Waals surface area contributed by atoms with Crippen LogP contribution in [0.15, 0.2) is 24.3 Å². The molecule has 0 atom stereocenters. The second kappa shape index (κ2) is 4.38. The third-order valence-corrected chi connectivity index (χ3v) is 1.50. The molecule has 0 aliphatic rings. The molecule has 74 valence electrons. The van der Waals surface area contributed by atoms with Gasteiger partial charge in [0.25, 0.3) is 0 Å². The van der Waals surface area contributed by atoms with E-state index in [1.54, 1.807) is 12.1 Å². The third-order valence-electron chi connectivity index (χ3n) is 1.50. The van der Waals surface area contributed by atoms with Crippen LogP contribution in [0.3, 0.4) is 0 Å². The molecule has 0 aliphatic carbocycles. The Morgan fingerprint density at radius 1 is 1.36 bits per heavy atom. The van der Waals surface area contributed by atoms with Gasteiger partial charge in [0.05, 0.1) is 6.54 Å². The van der Waals surface area contributed by atoms with Gasteiger partial charge in [-0.3, -0.25) is 4.79 Å². The van der Waals surface area contributed by atoms with Gasteiger partial charge in [0.15, 0.2) is 0 Å². The number of carbonyl (C=O) groups excluding carboxylic acids is 2. The fraction of sp³-hybridized carbons (Fsp3) is 0.111. The van der Waals surface area contributed by atoms with Crippen molar-refractivity contribution >= 4 is 11.9 Å². The maximum atomic E-state index is 11.2. The van der Waals surface area contributed by atoms with Crippen LogP contribution in [0.4, 0.5) is 0 Å². The molecule has 3 N–H and O–H groups in total. The lowest BCUT2D eigenvalue weighted by Crippen LogP contribution is -2.20. The highest BCUT2D eigenvalue weighted by atomic mass is 16.6. The Morgan fingerprint density at radius 3 is 2.57 bits per heavy atom. The highest BCUT2D eigenvalue weighted by Crippen LogP contribution is 2.16. The maximum Gasteiger partial charge on any atom is 0.349 e. The van der Waals surface area contributed by atoms with Crippen molar-refractivity contribution in [1.29, 1.82) is 0 Å². The van der Waals surface area contributed by atoms with Gasteiger partial charge in [-0.1, -0.05) is 12.1 Å². The topological polar surface area (TPSA) is 89.6 Å². The van der Waals surface area contributed by atoms with Gasteiger partial charge in [0, 0.05) is 0 Å². The lowest BCUT2D eigenvalue weighted by atomic mass is 10.2. The van der Waals surface area contributed by atoms with Gasteiger partial charge in [-0.15, -0.1) is 0 Å². The number of aromatic hydroxyl groups is 1. The molecule has 1 aromatic rings. The average molecular weight is 195 g/mol. The molecule has 0 radical (unpaired) electrons. The molecule has 1 aromatic carbocycles. The van der Waals surface area contributed by atoms with E-state index in [2.05, 4.69) is 4.74 Å². The standard InChI is InChI=1S/C9H9NO4/c10-5-8(12)14-9(13)6-3-1-2-4-7(6)11/h1-4,11H,5,10H2. The second-order valence-corrected chi connectivity index (χ2v) is 2.48. The zero-order valence-corrected chi connectivity index (χ0v) is 7.27. The van der Waals surface area contributed by atoms with Crippen LogP contribution in [0.2, 0.25) is 0 Å². The second-order valence-electron chi connectivity index (χ2n) is 2.48. The number of rotatable bonds is 2. The summed E-state index contributed by atoms with van der Waals surface area (Å²) in [5.74, 6) is -1.97. The minimum atomic E-state index is -0.904. The van der Waals surface area contributed by atoms with Gasteiger partial charge in [-0.05, 0) is 12.1 Å². The Labute approximate surface area is 80.1 Å². The summed E-state index contributed by atoms with van der Waals surface area (Å²) in [6.45, 7) is -0.376. The number of nitrogens with two attached hydrogens (primary N) is 1. The number of hydrogen-bond donors (Lipinski definition) is 2. The Morgan fingerprint density at radius 2 is 2.00 bits per heavy atom. The van der Waals surface area contributed by atoms with Crippen molar-refractivity contribution in [3.8, 4) is 5.75 Å². The molecule has 0 spiro atoms. The Kier molecular flexibility index (Phi) is 3.19. The molecule has 5 heteroatoms. The molecular formula is C9H9NO4. The average Bonchev–Trinajstić information content (AvgIpc) is 2.18. The van der Waals surface area contributed by atoms with Gasteiger partial charge in [-0.25, -0.2) is 4.79 Å². The molecule has 0 amide bonds. The number of esters is 2. The first-order chi connectivity index (χ1) is 6.65. The highest BCUT2D eigenvalue weighted by molar-refractivity contribution is 5.99. The van der Waals surface area contributed by atoms with Gasteiger partial charge < -0.3 is 15.6 Å². The van der Waals surface area contributed by atoms with Crippen molar-refractivity contribution < 1.29 is 19.4 Å². The Hall–Kier alpha value is -1.88. The summed E-state index contributed by atoms with van der Waals surface area (Å²) in [4.78, 5) is 21.8. The zero-order chi connectivity index (χ0) is 10.6. The first kappa shape index (κ1) is 10.2. The third kappa shape index (κ3) is 2.30.